The van der Waals surface area contributed by atoms with Crippen LogP contribution in [0.4, 0.5) is 0 Å². The van der Waals surface area contributed by atoms with Gasteiger partial charge >= 0.3 is 0 Å². The molecule has 1 aromatic heterocycles. The van der Waals surface area contributed by atoms with Crippen LogP contribution in [0.2, 0.25) is 0 Å². The Kier molecular flexibility index (Phi) is 3.64. The molecular weight excluding hydrogens is 278 g/mol. The summed E-state index contributed by atoms with van der Waals surface area (Å²) in [6.07, 6.45) is 0.867. The molecule has 0 aliphatic rings. The molecule has 0 fully saturated rings. The first-order chi connectivity index (χ1) is 8.13. The molecule has 2 N–H and O–H groups in total. The van der Waals surface area contributed by atoms with Gasteiger partial charge in [-0.05, 0) is 31.2 Å². The number of hydrogen-bond donors (Lipinski definition) is 1. The van der Waals surface area contributed by atoms with Gasteiger partial charge in [0.1, 0.15) is 0 Å². The fraction of sp³-hybridized carbons (Fsp3) is 0.308. The van der Waals surface area contributed by atoms with E-state index in [9.17, 15) is 0 Å². The van der Waals surface area contributed by atoms with Crippen LogP contribution >= 0.6 is 15.9 Å². The molecular formula is C13H16BrN3. The van der Waals surface area contributed by atoms with Crippen molar-refractivity contribution < 1.29 is 0 Å². The van der Waals surface area contributed by atoms with Crippen molar-refractivity contribution in [3.8, 4) is 11.3 Å². The number of aromatic nitrogens is 2. The summed E-state index contributed by atoms with van der Waals surface area (Å²) in [7, 11) is 1.97. The number of nitrogens with zero attached hydrogens (tertiary/aromatic N) is 2. The largest absolute Gasteiger partial charge is 0.330 e. The Hall–Kier alpha value is -1.13. The summed E-state index contributed by atoms with van der Waals surface area (Å²) in [6.45, 7) is 2.76. The van der Waals surface area contributed by atoms with Gasteiger partial charge in [0.15, 0.2) is 0 Å². The lowest BCUT2D eigenvalue weighted by Gasteiger charge is -2.01. The smallest absolute Gasteiger partial charge is 0.0955 e. The quantitative estimate of drug-likeness (QED) is 0.945. The minimum Gasteiger partial charge on any atom is -0.330 e. The van der Waals surface area contributed by atoms with Gasteiger partial charge in [-0.3, -0.25) is 4.68 Å². The molecule has 2 rings (SSSR count). The highest BCUT2D eigenvalue weighted by atomic mass is 79.9. The van der Waals surface area contributed by atoms with Crippen molar-refractivity contribution in [2.45, 2.75) is 13.3 Å². The summed E-state index contributed by atoms with van der Waals surface area (Å²) >= 11 is 3.44. The third-order valence-corrected chi connectivity index (χ3v) is 3.46. The second-order valence-corrected chi connectivity index (χ2v) is 5.01. The van der Waals surface area contributed by atoms with Crippen molar-refractivity contribution in [1.82, 2.24) is 9.78 Å². The topological polar surface area (TPSA) is 43.8 Å². The minimum absolute atomic E-state index is 0.653. The lowest BCUT2D eigenvalue weighted by atomic mass is 10.1. The van der Waals surface area contributed by atoms with Crippen LogP contribution in [0.1, 0.15) is 11.3 Å². The zero-order chi connectivity index (χ0) is 12.4. The van der Waals surface area contributed by atoms with Crippen LogP contribution < -0.4 is 5.73 Å². The van der Waals surface area contributed by atoms with Crippen molar-refractivity contribution in [2.75, 3.05) is 6.54 Å². The van der Waals surface area contributed by atoms with Crippen LogP contribution in [0.15, 0.2) is 28.7 Å². The zero-order valence-electron chi connectivity index (χ0n) is 10.1. The molecule has 2 aromatic rings. The predicted molar refractivity (Wildman–Crippen MR) is 73.8 cm³/mol. The normalized spacial score (nSPS) is 10.8. The van der Waals surface area contributed by atoms with E-state index >= 15 is 0 Å². The van der Waals surface area contributed by atoms with Crippen LogP contribution in [-0.4, -0.2) is 16.3 Å². The first-order valence-electron chi connectivity index (χ1n) is 5.62. The summed E-state index contributed by atoms with van der Waals surface area (Å²) in [5.74, 6) is 0. The van der Waals surface area contributed by atoms with Gasteiger partial charge in [0, 0.05) is 29.2 Å². The Morgan fingerprint density at radius 2 is 1.94 bits per heavy atom. The molecule has 0 saturated heterocycles. The molecule has 0 amide bonds. The SMILES string of the molecule is Cc1c(-c2ccc(Br)cc2)nn(C)c1CCN. The van der Waals surface area contributed by atoms with Gasteiger partial charge in [-0.1, -0.05) is 28.1 Å². The van der Waals surface area contributed by atoms with Crippen LogP contribution in [0.3, 0.4) is 0 Å². The molecule has 90 valence electrons. The maximum Gasteiger partial charge on any atom is 0.0955 e. The van der Waals surface area contributed by atoms with E-state index in [1.165, 1.54) is 11.3 Å². The first-order valence-corrected chi connectivity index (χ1v) is 6.41. The second kappa shape index (κ2) is 5.02. The van der Waals surface area contributed by atoms with E-state index in [-0.39, 0.29) is 0 Å². The Morgan fingerprint density at radius 3 is 2.53 bits per heavy atom. The van der Waals surface area contributed by atoms with Crippen LogP contribution in [0.25, 0.3) is 11.3 Å². The van der Waals surface area contributed by atoms with Crippen molar-refractivity contribution >= 4 is 15.9 Å². The van der Waals surface area contributed by atoms with E-state index in [4.69, 9.17) is 5.73 Å². The third-order valence-electron chi connectivity index (χ3n) is 2.93. The van der Waals surface area contributed by atoms with Gasteiger partial charge < -0.3 is 5.73 Å². The van der Waals surface area contributed by atoms with Gasteiger partial charge in [0.25, 0.3) is 0 Å². The third kappa shape index (κ3) is 2.42. The average molecular weight is 294 g/mol. The maximum absolute atomic E-state index is 5.62. The van der Waals surface area contributed by atoms with Crippen molar-refractivity contribution in [3.63, 3.8) is 0 Å². The molecule has 17 heavy (non-hydrogen) atoms. The lowest BCUT2D eigenvalue weighted by Crippen LogP contribution is -2.08. The molecule has 0 unspecified atom stereocenters. The Labute approximate surface area is 110 Å². The van der Waals surface area contributed by atoms with E-state index in [1.54, 1.807) is 0 Å². The lowest BCUT2D eigenvalue weighted by molar-refractivity contribution is 0.706. The Morgan fingerprint density at radius 1 is 1.29 bits per heavy atom. The van der Waals surface area contributed by atoms with E-state index in [0.29, 0.717) is 6.54 Å². The van der Waals surface area contributed by atoms with Crippen molar-refractivity contribution in [3.05, 3.63) is 40.0 Å². The zero-order valence-corrected chi connectivity index (χ0v) is 11.7. The van der Waals surface area contributed by atoms with E-state index in [1.807, 2.05) is 23.9 Å². The fourth-order valence-corrected chi connectivity index (χ4v) is 2.30. The number of aryl methyl sites for hydroxylation is 1. The molecule has 0 radical (unpaired) electrons. The molecule has 1 aromatic carbocycles. The molecule has 0 aliphatic carbocycles. The highest BCUT2D eigenvalue weighted by Crippen LogP contribution is 2.25. The van der Waals surface area contributed by atoms with Gasteiger partial charge in [0.05, 0.1) is 5.69 Å². The van der Waals surface area contributed by atoms with Gasteiger partial charge in [0.2, 0.25) is 0 Å². The fourth-order valence-electron chi connectivity index (χ4n) is 2.03. The van der Waals surface area contributed by atoms with Crippen LogP contribution in [-0.2, 0) is 13.5 Å². The number of halogens is 1. The van der Waals surface area contributed by atoms with Crippen molar-refractivity contribution in [2.24, 2.45) is 12.8 Å². The molecule has 3 nitrogen and oxygen atoms in total. The standard InChI is InChI=1S/C13H16BrN3/c1-9-12(7-8-15)17(2)16-13(9)10-3-5-11(14)6-4-10/h3-6H,7-8,15H2,1-2H3. The number of hydrogen-bond acceptors (Lipinski definition) is 2. The monoisotopic (exact) mass is 293 g/mol. The maximum atomic E-state index is 5.62. The van der Waals surface area contributed by atoms with Crippen LogP contribution in [0, 0.1) is 6.92 Å². The summed E-state index contributed by atoms with van der Waals surface area (Å²) in [4.78, 5) is 0. The minimum atomic E-state index is 0.653. The molecule has 0 spiro atoms. The van der Waals surface area contributed by atoms with Crippen LogP contribution in [0.5, 0.6) is 0 Å². The Balaban J connectivity index is 2.46. The summed E-state index contributed by atoms with van der Waals surface area (Å²) in [5.41, 5.74) is 10.2. The van der Waals surface area contributed by atoms with Gasteiger partial charge in [-0.2, -0.15) is 5.10 Å². The highest BCUT2D eigenvalue weighted by Gasteiger charge is 2.12. The van der Waals surface area contributed by atoms with E-state index < -0.39 is 0 Å². The molecule has 4 heteroatoms. The molecule has 0 saturated carbocycles. The second-order valence-electron chi connectivity index (χ2n) is 4.09. The number of rotatable bonds is 3. The number of nitrogens with two attached hydrogens (primary N) is 1. The average Bonchev–Trinajstić information content (AvgIpc) is 2.59. The molecule has 0 bridgehead atoms. The molecule has 0 atom stereocenters. The summed E-state index contributed by atoms with van der Waals surface area (Å²) in [6, 6.07) is 8.22. The molecule has 1 heterocycles. The van der Waals surface area contributed by atoms with E-state index in [2.05, 4.69) is 40.1 Å². The van der Waals surface area contributed by atoms with Gasteiger partial charge in [-0.15, -0.1) is 0 Å². The Bertz CT molecular complexity index is 514. The van der Waals surface area contributed by atoms with E-state index in [0.717, 1.165) is 22.2 Å². The number of benzene rings is 1. The molecule has 0 aliphatic heterocycles. The summed E-state index contributed by atoms with van der Waals surface area (Å²) < 4.78 is 3.01. The van der Waals surface area contributed by atoms with Crippen molar-refractivity contribution in [1.29, 1.82) is 0 Å². The van der Waals surface area contributed by atoms with Gasteiger partial charge in [-0.25, -0.2) is 0 Å². The highest BCUT2D eigenvalue weighted by molar-refractivity contribution is 9.10. The predicted octanol–water partition coefficient (Wildman–Crippen LogP) is 2.66. The first kappa shape index (κ1) is 12.3. The summed E-state index contributed by atoms with van der Waals surface area (Å²) in [5, 5.41) is 4.57.